The molecule has 2 unspecified atom stereocenters. The van der Waals surface area contributed by atoms with Gasteiger partial charge >= 0.3 is 5.97 Å². The molecule has 0 saturated carbocycles. The molecule has 0 aliphatic carbocycles. The maximum absolute atomic E-state index is 13.3. The van der Waals surface area contributed by atoms with E-state index in [1.54, 1.807) is 22.7 Å². The van der Waals surface area contributed by atoms with Crippen molar-refractivity contribution in [1.82, 2.24) is 0 Å². The molecule has 0 amide bonds. The van der Waals surface area contributed by atoms with Crippen molar-refractivity contribution in [2.45, 2.75) is 18.5 Å². The van der Waals surface area contributed by atoms with E-state index in [9.17, 15) is 4.79 Å². The highest BCUT2D eigenvalue weighted by Crippen LogP contribution is 2.49. The summed E-state index contributed by atoms with van der Waals surface area (Å²) in [5, 5.41) is 7.74. The van der Waals surface area contributed by atoms with Crippen LogP contribution in [-0.4, -0.2) is 13.1 Å². The highest BCUT2D eigenvalue weighted by atomic mass is 32.1. The predicted molar refractivity (Wildman–Crippen MR) is 137 cm³/mol. The van der Waals surface area contributed by atoms with E-state index in [0.29, 0.717) is 12.0 Å². The molecule has 0 saturated heterocycles. The molecule has 6 heteroatoms. The Morgan fingerprint density at radius 1 is 0.879 bits per heavy atom. The van der Waals surface area contributed by atoms with Crippen molar-refractivity contribution in [1.29, 1.82) is 0 Å². The van der Waals surface area contributed by atoms with E-state index in [0.717, 1.165) is 21.9 Å². The lowest BCUT2D eigenvalue weighted by molar-refractivity contribution is -0.136. The summed E-state index contributed by atoms with van der Waals surface area (Å²) < 4.78 is 5.34. The van der Waals surface area contributed by atoms with Crippen LogP contribution in [-0.2, 0) is 9.53 Å². The zero-order valence-electron chi connectivity index (χ0n) is 18.2. The first kappa shape index (κ1) is 21.5. The van der Waals surface area contributed by atoms with Crippen molar-refractivity contribution in [3.05, 3.63) is 117 Å². The van der Waals surface area contributed by atoms with Gasteiger partial charge < -0.3 is 15.0 Å². The largest absolute Gasteiger partial charge is 0.466 e. The Morgan fingerprint density at radius 2 is 1.52 bits per heavy atom. The molecule has 0 fully saturated rings. The Kier molecular flexibility index (Phi) is 6.28. The fraction of sp³-hybridized carbons (Fsp3) is 0.148. The van der Waals surface area contributed by atoms with Gasteiger partial charge in [0.25, 0.3) is 0 Å². The second-order valence-corrected chi connectivity index (χ2v) is 9.73. The average molecular weight is 473 g/mol. The van der Waals surface area contributed by atoms with Crippen LogP contribution in [0.25, 0.3) is 0 Å². The van der Waals surface area contributed by atoms with Crippen LogP contribution in [0.5, 0.6) is 0 Å². The molecule has 1 aliphatic heterocycles. The number of para-hydroxylation sites is 2. The van der Waals surface area contributed by atoms with Crippen LogP contribution >= 0.6 is 22.7 Å². The normalized spacial score (nSPS) is 18.3. The number of anilines is 2. The van der Waals surface area contributed by atoms with Crippen LogP contribution in [0.2, 0.25) is 0 Å². The number of hydrogen-bond acceptors (Lipinski definition) is 6. The number of thiophene rings is 2. The van der Waals surface area contributed by atoms with Gasteiger partial charge in [0.1, 0.15) is 0 Å². The lowest BCUT2D eigenvalue weighted by Gasteiger charge is -2.44. The van der Waals surface area contributed by atoms with E-state index in [-0.39, 0.29) is 18.1 Å². The fourth-order valence-electron chi connectivity index (χ4n) is 4.42. The molecule has 0 spiro atoms. The van der Waals surface area contributed by atoms with Gasteiger partial charge in [-0.2, -0.15) is 0 Å². The molecule has 1 aliphatic rings. The fourth-order valence-corrected chi connectivity index (χ4v) is 6.08. The third-order valence-electron chi connectivity index (χ3n) is 5.82. The topological polar surface area (TPSA) is 41.6 Å². The molecular formula is C27H24N2O2S2. The molecule has 4 aromatic rings. The summed E-state index contributed by atoms with van der Waals surface area (Å²) in [6.07, 6.45) is 0.663. The third-order valence-corrected chi connectivity index (χ3v) is 7.72. The number of hydrogen-bond donors (Lipinski definition) is 1. The molecule has 0 radical (unpaired) electrons. The first-order valence-electron chi connectivity index (χ1n) is 10.8. The summed E-state index contributed by atoms with van der Waals surface area (Å²) in [6.45, 7) is 0. The number of ether oxygens (including phenoxy) is 1. The minimum atomic E-state index is -0.308. The molecule has 5 rings (SSSR count). The first-order valence-corrected chi connectivity index (χ1v) is 12.6. The van der Waals surface area contributed by atoms with Crippen LogP contribution < -0.4 is 10.2 Å². The van der Waals surface area contributed by atoms with Crippen LogP contribution in [0.4, 0.5) is 11.4 Å². The van der Waals surface area contributed by atoms with Crippen molar-refractivity contribution in [3.63, 3.8) is 0 Å². The maximum atomic E-state index is 13.3. The van der Waals surface area contributed by atoms with Crippen molar-refractivity contribution in [2.24, 2.45) is 0 Å². The third kappa shape index (κ3) is 4.32. The highest BCUT2D eigenvalue weighted by molar-refractivity contribution is 7.10. The van der Waals surface area contributed by atoms with Gasteiger partial charge in [0.05, 0.1) is 24.8 Å². The Balaban J connectivity index is 1.73. The van der Waals surface area contributed by atoms with Crippen LogP contribution in [0.3, 0.4) is 0 Å². The summed E-state index contributed by atoms with van der Waals surface area (Å²) in [4.78, 5) is 18.0. The zero-order chi connectivity index (χ0) is 22.6. The minimum Gasteiger partial charge on any atom is -0.466 e. The molecule has 0 bridgehead atoms. The summed E-state index contributed by atoms with van der Waals surface area (Å²) in [5.41, 5.74) is 3.59. The van der Waals surface area contributed by atoms with Crippen molar-refractivity contribution >= 4 is 40.0 Å². The molecule has 166 valence electrons. The number of carbonyl (C=O) groups excluding carboxylic acids is 1. The second kappa shape index (κ2) is 9.65. The Labute approximate surface area is 201 Å². The Bertz CT molecular complexity index is 1220. The van der Waals surface area contributed by atoms with Crippen molar-refractivity contribution in [2.75, 3.05) is 17.3 Å². The molecule has 2 aromatic carbocycles. The zero-order valence-corrected chi connectivity index (χ0v) is 19.8. The molecule has 2 atom stereocenters. The smallest absolute Gasteiger partial charge is 0.338 e. The van der Waals surface area contributed by atoms with Crippen LogP contribution in [0, 0.1) is 0 Å². The van der Waals surface area contributed by atoms with Crippen molar-refractivity contribution < 1.29 is 9.53 Å². The molecule has 1 N–H and O–H groups in total. The van der Waals surface area contributed by atoms with E-state index in [1.807, 2.05) is 54.6 Å². The monoisotopic (exact) mass is 472 g/mol. The molecule has 3 heterocycles. The number of methoxy groups -OCH3 is 1. The van der Waals surface area contributed by atoms with Gasteiger partial charge in [-0.25, -0.2) is 4.79 Å². The average Bonchev–Trinajstić information content (AvgIpc) is 3.59. The van der Waals surface area contributed by atoms with Gasteiger partial charge in [-0.1, -0.05) is 48.5 Å². The predicted octanol–water partition coefficient (Wildman–Crippen LogP) is 7.04. The minimum absolute atomic E-state index is 0.0686. The van der Waals surface area contributed by atoms with Gasteiger partial charge in [0.2, 0.25) is 0 Å². The van der Waals surface area contributed by atoms with E-state index in [4.69, 9.17) is 4.74 Å². The SMILES string of the molecule is COC(=O)C1=C(Nc2ccccc2)CC(c2cccs2)N(c2ccccc2)C1c1cccs1. The standard InChI is InChI=1S/C27H24N2O2S2/c1-31-27(30)25-21(28-19-10-4-2-5-11-19)18-22(23-14-8-16-32-23)29(20-12-6-3-7-13-20)26(25)24-15-9-17-33-24/h2-17,22,26,28H,18H2,1H3. The van der Waals surface area contributed by atoms with Crippen LogP contribution in [0.15, 0.2) is 107 Å². The molecular weight excluding hydrogens is 448 g/mol. The summed E-state index contributed by atoms with van der Waals surface area (Å²) >= 11 is 3.41. The molecule has 4 nitrogen and oxygen atoms in total. The van der Waals surface area contributed by atoms with E-state index in [1.165, 1.54) is 12.0 Å². The summed E-state index contributed by atoms with van der Waals surface area (Å²) in [6, 6.07) is 28.6. The van der Waals surface area contributed by atoms with Crippen LogP contribution in [0.1, 0.15) is 28.3 Å². The lowest BCUT2D eigenvalue weighted by atomic mass is 9.89. The van der Waals surface area contributed by atoms with Gasteiger partial charge in [0.15, 0.2) is 0 Å². The number of nitrogens with zero attached hydrogens (tertiary/aromatic N) is 1. The Hall–Kier alpha value is -3.35. The van der Waals surface area contributed by atoms with Gasteiger partial charge in [-0.3, -0.25) is 0 Å². The molecule has 33 heavy (non-hydrogen) atoms. The van der Waals surface area contributed by atoms with Crippen molar-refractivity contribution in [3.8, 4) is 0 Å². The number of nitrogens with one attached hydrogen (secondary N) is 1. The Morgan fingerprint density at radius 3 is 2.12 bits per heavy atom. The number of benzene rings is 2. The van der Waals surface area contributed by atoms with Gasteiger partial charge in [-0.05, 0) is 47.2 Å². The van der Waals surface area contributed by atoms with E-state index in [2.05, 4.69) is 51.3 Å². The number of rotatable bonds is 6. The molecule has 2 aromatic heterocycles. The quantitative estimate of drug-likeness (QED) is 0.306. The second-order valence-electron chi connectivity index (χ2n) is 7.77. The van der Waals surface area contributed by atoms with E-state index >= 15 is 0 Å². The summed E-state index contributed by atoms with van der Waals surface area (Å²) in [5.74, 6) is -0.308. The van der Waals surface area contributed by atoms with Gasteiger partial charge in [0, 0.05) is 33.2 Å². The maximum Gasteiger partial charge on any atom is 0.338 e. The van der Waals surface area contributed by atoms with E-state index < -0.39 is 0 Å². The number of esters is 1. The lowest BCUT2D eigenvalue weighted by Crippen LogP contribution is -2.41. The highest BCUT2D eigenvalue weighted by Gasteiger charge is 2.42. The van der Waals surface area contributed by atoms with Gasteiger partial charge in [-0.15, -0.1) is 22.7 Å². The summed E-state index contributed by atoms with van der Waals surface area (Å²) in [7, 11) is 1.46. The number of carbonyl (C=O) groups is 1. The first-order chi connectivity index (χ1) is 16.3.